The second-order valence-electron chi connectivity index (χ2n) is 8.88. The fraction of sp³-hybridized carbons (Fsp3) is 0.364. The van der Waals surface area contributed by atoms with Gasteiger partial charge in [0.1, 0.15) is 11.7 Å². The number of carbonyl (C=O) groups excluding carboxylic acids is 1. The molecule has 194 valence electrons. The SMILES string of the molecule is CCCCCCC#CC[C@@H](COC(c1ccccc1)(c1ccccc1)c1ccccc1)OC(=O)OCC. The molecule has 3 rings (SSSR count). The zero-order chi connectivity index (χ0) is 26.2. The molecule has 0 N–H and O–H groups in total. The van der Waals surface area contributed by atoms with E-state index < -0.39 is 17.9 Å². The van der Waals surface area contributed by atoms with Crippen LogP contribution in [-0.4, -0.2) is 25.5 Å². The summed E-state index contributed by atoms with van der Waals surface area (Å²) in [7, 11) is 0. The quantitative estimate of drug-likeness (QED) is 0.104. The van der Waals surface area contributed by atoms with Crippen LogP contribution in [0.2, 0.25) is 0 Å². The van der Waals surface area contributed by atoms with Crippen LogP contribution in [0.4, 0.5) is 4.79 Å². The van der Waals surface area contributed by atoms with Crippen LogP contribution in [0.3, 0.4) is 0 Å². The molecule has 0 fully saturated rings. The Morgan fingerprint density at radius 1 is 0.757 bits per heavy atom. The van der Waals surface area contributed by atoms with Gasteiger partial charge in [-0.1, -0.05) is 123 Å². The number of hydrogen-bond donors (Lipinski definition) is 0. The summed E-state index contributed by atoms with van der Waals surface area (Å²) in [5, 5.41) is 0. The average molecular weight is 499 g/mol. The monoisotopic (exact) mass is 498 g/mol. The van der Waals surface area contributed by atoms with Gasteiger partial charge in [0.15, 0.2) is 0 Å². The van der Waals surface area contributed by atoms with E-state index in [0.29, 0.717) is 6.42 Å². The Morgan fingerprint density at radius 3 is 1.78 bits per heavy atom. The molecule has 0 aliphatic rings. The van der Waals surface area contributed by atoms with E-state index in [1.165, 1.54) is 19.3 Å². The number of ether oxygens (including phenoxy) is 3. The van der Waals surface area contributed by atoms with Crippen LogP contribution >= 0.6 is 0 Å². The molecule has 4 heteroatoms. The molecular weight excluding hydrogens is 460 g/mol. The molecule has 0 bridgehead atoms. The molecule has 0 aromatic heterocycles. The summed E-state index contributed by atoms with van der Waals surface area (Å²) >= 11 is 0. The lowest BCUT2D eigenvalue weighted by atomic mass is 9.80. The topological polar surface area (TPSA) is 44.8 Å². The summed E-state index contributed by atoms with van der Waals surface area (Å²) in [5.74, 6) is 6.44. The summed E-state index contributed by atoms with van der Waals surface area (Å²) in [6.07, 6.45) is 4.64. The van der Waals surface area contributed by atoms with E-state index in [2.05, 4.69) is 55.2 Å². The summed E-state index contributed by atoms with van der Waals surface area (Å²) in [6, 6.07) is 30.4. The summed E-state index contributed by atoms with van der Waals surface area (Å²) in [5.41, 5.74) is 2.08. The standard InChI is InChI=1S/C33H38O4/c1-3-5-6-7-8-9-19-26-31(37-32(34)35-4-2)27-36-33(28-20-13-10-14-21-28,29-22-15-11-16-23-29)30-24-17-12-18-25-30/h10-18,20-25,31H,3-8,26-27H2,1-2H3/t31-/m0/s1. The molecular formula is C33H38O4. The van der Waals surface area contributed by atoms with Crippen molar-refractivity contribution in [2.75, 3.05) is 13.2 Å². The maximum Gasteiger partial charge on any atom is 0.508 e. The molecule has 3 aromatic rings. The van der Waals surface area contributed by atoms with Gasteiger partial charge in [-0.2, -0.15) is 0 Å². The molecule has 4 nitrogen and oxygen atoms in total. The average Bonchev–Trinajstić information content (AvgIpc) is 2.94. The van der Waals surface area contributed by atoms with Gasteiger partial charge in [0.25, 0.3) is 0 Å². The van der Waals surface area contributed by atoms with Gasteiger partial charge in [-0.25, -0.2) is 4.79 Å². The number of unbranched alkanes of at least 4 members (excludes halogenated alkanes) is 4. The van der Waals surface area contributed by atoms with Gasteiger partial charge in [0.2, 0.25) is 0 Å². The number of hydrogen-bond acceptors (Lipinski definition) is 4. The lowest BCUT2D eigenvalue weighted by molar-refractivity contribution is -0.0555. The van der Waals surface area contributed by atoms with Crippen molar-refractivity contribution in [2.45, 2.75) is 64.1 Å². The molecule has 0 heterocycles. The number of rotatable bonds is 13. The molecule has 0 saturated heterocycles. The van der Waals surface area contributed by atoms with Crippen molar-refractivity contribution in [1.29, 1.82) is 0 Å². The molecule has 1 atom stereocenters. The summed E-state index contributed by atoms with van der Waals surface area (Å²) in [6.45, 7) is 4.36. The Balaban J connectivity index is 1.91. The van der Waals surface area contributed by atoms with E-state index in [1.807, 2.05) is 54.6 Å². The molecule has 3 aromatic carbocycles. The maximum atomic E-state index is 12.2. The first-order valence-electron chi connectivity index (χ1n) is 13.3. The zero-order valence-electron chi connectivity index (χ0n) is 22.0. The minimum Gasteiger partial charge on any atom is -0.435 e. The Morgan fingerprint density at radius 2 is 1.30 bits per heavy atom. The molecule has 0 unspecified atom stereocenters. The number of carbonyl (C=O) groups is 1. The Bertz CT molecular complexity index is 1000. The van der Waals surface area contributed by atoms with Gasteiger partial charge < -0.3 is 14.2 Å². The van der Waals surface area contributed by atoms with Crippen molar-refractivity contribution in [3.63, 3.8) is 0 Å². The minimum atomic E-state index is -0.895. The zero-order valence-corrected chi connectivity index (χ0v) is 22.0. The van der Waals surface area contributed by atoms with Gasteiger partial charge in [0, 0.05) is 12.8 Å². The number of benzene rings is 3. The van der Waals surface area contributed by atoms with Crippen molar-refractivity contribution in [3.8, 4) is 11.8 Å². The smallest absolute Gasteiger partial charge is 0.435 e. The Hall–Kier alpha value is -3.55. The predicted molar refractivity (Wildman–Crippen MR) is 148 cm³/mol. The second-order valence-corrected chi connectivity index (χ2v) is 8.88. The predicted octanol–water partition coefficient (Wildman–Crippen LogP) is 7.90. The van der Waals surface area contributed by atoms with E-state index in [1.54, 1.807) is 6.92 Å². The van der Waals surface area contributed by atoms with E-state index in [9.17, 15) is 4.79 Å². The highest BCUT2D eigenvalue weighted by molar-refractivity contribution is 5.60. The van der Waals surface area contributed by atoms with Crippen LogP contribution in [0, 0.1) is 11.8 Å². The van der Waals surface area contributed by atoms with Crippen LogP contribution in [0.1, 0.15) is 69.1 Å². The highest BCUT2D eigenvalue weighted by Crippen LogP contribution is 2.40. The molecule has 0 amide bonds. The largest absolute Gasteiger partial charge is 0.508 e. The van der Waals surface area contributed by atoms with Crippen molar-refractivity contribution >= 4 is 6.16 Å². The van der Waals surface area contributed by atoms with Gasteiger partial charge in [0.05, 0.1) is 13.2 Å². The fourth-order valence-electron chi connectivity index (χ4n) is 4.32. The molecule has 37 heavy (non-hydrogen) atoms. The van der Waals surface area contributed by atoms with Crippen LogP contribution in [-0.2, 0) is 19.8 Å². The highest BCUT2D eigenvalue weighted by atomic mass is 16.7. The van der Waals surface area contributed by atoms with Gasteiger partial charge >= 0.3 is 6.16 Å². The lowest BCUT2D eigenvalue weighted by Gasteiger charge is -2.36. The summed E-state index contributed by atoms with van der Waals surface area (Å²) in [4.78, 5) is 12.2. The van der Waals surface area contributed by atoms with Crippen molar-refractivity contribution in [1.82, 2.24) is 0 Å². The van der Waals surface area contributed by atoms with E-state index in [-0.39, 0.29) is 13.2 Å². The fourth-order valence-corrected chi connectivity index (χ4v) is 4.32. The molecule has 0 aliphatic heterocycles. The van der Waals surface area contributed by atoms with Gasteiger partial charge in [-0.3, -0.25) is 0 Å². The molecule has 0 saturated carbocycles. The first-order valence-corrected chi connectivity index (χ1v) is 13.3. The van der Waals surface area contributed by atoms with E-state index in [0.717, 1.165) is 29.5 Å². The third-order valence-electron chi connectivity index (χ3n) is 6.16. The van der Waals surface area contributed by atoms with Crippen molar-refractivity contribution in [3.05, 3.63) is 108 Å². The van der Waals surface area contributed by atoms with Crippen molar-refractivity contribution in [2.24, 2.45) is 0 Å². The normalized spacial score (nSPS) is 11.7. The van der Waals surface area contributed by atoms with Gasteiger partial charge in [-0.15, -0.1) is 5.92 Å². The maximum absolute atomic E-state index is 12.2. The molecule has 0 radical (unpaired) electrons. The first kappa shape index (κ1) is 28.0. The third kappa shape index (κ3) is 8.23. The minimum absolute atomic E-state index is 0.155. The summed E-state index contributed by atoms with van der Waals surface area (Å²) < 4.78 is 17.6. The van der Waals surface area contributed by atoms with Crippen LogP contribution in [0.15, 0.2) is 91.0 Å². The van der Waals surface area contributed by atoms with Crippen molar-refractivity contribution < 1.29 is 19.0 Å². The van der Waals surface area contributed by atoms with Crippen LogP contribution in [0.25, 0.3) is 0 Å². The van der Waals surface area contributed by atoms with E-state index >= 15 is 0 Å². The highest BCUT2D eigenvalue weighted by Gasteiger charge is 2.38. The Kier molecular flexibility index (Phi) is 11.8. The first-order chi connectivity index (χ1) is 18.2. The Labute approximate surface area is 222 Å². The molecule has 0 spiro atoms. The third-order valence-corrected chi connectivity index (χ3v) is 6.16. The second kappa shape index (κ2) is 15.5. The van der Waals surface area contributed by atoms with E-state index in [4.69, 9.17) is 14.2 Å². The van der Waals surface area contributed by atoms with Crippen LogP contribution < -0.4 is 0 Å². The molecule has 0 aliphatic carbocycles. The van der Waals surface area contributed by atoms with Gasteiger partial charge in [-0.05, 0) is 30.0 Å². The lowest BCUT2D eigenvalue weighted by Crippen LogP contribution is -2.37. The van der Waals surface area contributed by atoms with Crippen LogP contribution in [0.5, 0.6) is 0 Å².